The van der Waals surface area contributed by atoms with E-state index in [0.29, 0.717) is 5.56 Å². The van der Waals surface area contributed by atoms with Crippen molar-refractivity contribution in [2.75, 3.05) is 11.3 Å². The number of rotatable bonds is 3. The number of aryl methyl sites for hydroxylation is 1. The van der Waals surface area contributed by atoms with Crippen molar-refractivity contribution in [2.45, 2.75) is 11.8 Å². The van der Waals surface area contributed by atoms with Crippen LogP contribution in [-0.2, 0) is 10.0 Å². The first-order valence-electron chi connectivity index (χ1n) is 5.74. The van der Waals surface area contributed by atoms with Gasteiger partial charge in [-0.3, -0.25) is 0 Å². The largest absolute Gasteiger partial charge is 0.408 e. The Morgan fingerprint density at radius 2 is 2.19 bits per heavy atom. The lowest BCUT2D eigenvalue weighted by molar-refractivity contribution is 0.533. The number of anilines is 1. The van der Waals surface area contributed by atoms with Crippen LogP contribution in [0.4, 0.5) is 10.4 Å². The molecule has 0 amide bonds. The van der Waals surface area contributed by atoms with Crippen molar-refractivity contribution in [1.82, 2.24) is 10.2 Å². The average molecular weight is 310 g/mol. The number of sulfonamides is 1. The Labute approximate surface area is 120 Å². The molecule has 1 heterocycles. The minimum absolute atomic E-state index is 0.125. The van der Waals surface area contributed by atoms with Crippen LogP contribution in [0.2, 0.25) is 0 Å². The van der Waals surface area contributed by atoms with E-state index >= 15 is 0 Å². The molecule has 0 radical (unpaired) electrons. The summed E-state index contributed by atoms with van der Waals surface area (Å²) in [5.41, 5.74) is 5.53. The van der Waals surface area contributed by atoms with Crippen molar-refractivity contribution in [2.24, 2.45) is 5.73 Å². The van der Waals surface area contributed by atoms with Crippen molar-refractivity contribution >= 4 is 16.0 Å². The van der Waals surface area contributed by atoms with Gasteiger partial charge in [0.15, 0.2) is 0 Å². The Morgan fingerprint density at radius 3 is 2.76 bits per heavy atom. The minimum Gasteiger partial charge on any atom is -0.408 e. The van der Waals surface area contributed by atoms with E-state index in [1.165, 1.54) is 13.0 Å². The summed E-state index contributed by atoms with van der Waals surface area (Å²) in [5, 5.41) is 6.95. The zero-order valence-corrected chi connectivity index (χ0v) is 11.7. The van der Waals surface area contributed by atoms with Crippen LogP contribution < -0.4 is 10.5 Å². The summed E-state index contributed by atoms with van der Waals surface area (Å²) in [7, 11) is -4.16. The molecule has 0 aliphatic heterocycles. The number of nitrogens with zero attached hydrogens (tertiary/aromatic N) is 2. The standard InChI is InChI=1S/C12H11FN4O3S/c1-8-15-16-12(20-8)17-21(18,19)11-5-4-9(3-2-6-14)7-10(11)13/h4-5,7H,6,14H2,1H3,(H,16,17). The third kappa shape index (κ3) is 3.56. The molecular formula is C12H11FN4O3S. The SMILES string of the molecule is Cc1nnc(NS(=O)(=O)c2ccc(C#CCN)cc2F)o1. The van der Waals surface area contributed by atoms with Crippen molar-refractivity contribution in [1.29, 1.82) is 0 Å². The zero-order valence-electron chi connectivity index (χ0n) is 10.9. The average Bonchev–Trinajstić information content (AvgIpc) is 2.80. The van der Waals surface area contributed by atoms with Crippen molar-refractivity contribution in [3.63, 3.8) is 0 Å². The molecule has 3 N–H and O–H groups in total. The molecule has 110 valence electrons. The third-order valence-corrected chi connectivity index (χ3v) is 3.66. The van der Waals surface area contributed by atoms with Gasteiger partial charge in [-0.15, -0.1) is 5.10 Å². The molecule has 0 spiro atoms. The van der Waals surface area contributed by atoms with E-state index in [9.17, 15) is 12.8 Å². The fourth-order valence-corrected chi connectivity index (χ4v) is 2.44. The Kier molecular flexibility index (Phi) is 4.21. The Bertz CT molecular complexity index is 821. The van der Waals surface area contributed by atoms with Crippen LogP contribution >= 0.6 is 0 Å². The van der Waals surface area contributed by atoms with Gasteiger partial charge in [0, 0.05) is 12.5 Å². The Balaban J connectivity index is 2.32. The van der Waals surface area contributed by atoms with Crippen LogP contribution in [0.25, 0.3) is 0 Å². The van der Waals surface area contributed by atoms with Crippen molar-refractivity contribution < 1.29 is 17.2 Å². The molecule has 2 aromatic rings. The molecule has 9 heteroatoms. The highest BCUT2D eigenvalue weighted by Crippen LogP contribution is 2.19. The molecule has 0 aliphatic carbocycles. The van der Waals surface area contributed by atoms with Gasteiger partial charge in [-0.25, -0.2) is 17.5 Å². The molecular weight excluding hydrogens is 299 g/mol. The molecule has 0 bridgehead atoms. The molecule has 7 nitrogen and oxygen atoms in total. The third-order valence-electron chi connectivity index (χ3n) is 2.30. The molecule has 1 aromatic heterocycles. The summed E-state index contributed by atoms with van der Waals surface area (Å²) in [6.07, 6.45) is 0. The minimum atomic E-state index is -4.16. The molecule has 0 saturated carbocycles. The van der Waals surface area contributed by atoms with Gasteiger partial charge < -0.3 is 10.2 Å². The molecule has 2 rings (SSSR count). The summed E-state index contributed by atoms with van der Waals surface area (Å²) in [6.45, 7) is 1.62. The fraction of sp³-hybridized carbons (Fsp3) is 0.167. The molecule has 21 heavy (non-hydrogen) atoms. The van der Waals surface area contributed by atoms with Gasteiger partial charge in [-0.05, 0) is 18.2 Å². The number of halogens is 1. The van der Waals surface area contributed by atoms with Crippen LogP contribution in [0.1, 0.15) is 11.5 Å². The lowest BCUT2D eigenvalue weighted by Crippen LogP contribution is -2.15. The maximum Gasteiger partial charge on any atom is 0.329 e. The molecule has 0 fully saturated rings. The molecule has 0 aliphatic rings. The first-order chi connectivity index (χ1) is 9.92. The summed E-state index contributed by atoms with van der Waals surface area (Å²) in [5.74, 6) is 4.39. The molecule has 0 saturated heterocycles. The van der Waals surface area contributed by atoms with E-state index in [1.807, 2.05) is 4.72 Å². The van der Waals surface area contributed by atoms with Gasteiger partial charge in [-0.2, -0.15) is 0 Å². The second kappa shape index (κ2) is 5.90. The molecule has 0 atom stereocenters. The maximum atomic E-state index is 13.9. The Morgan fingerprint density at radius 1 is 1.43 bits per heavy atom. The van der Waals surface area contributed by atoms with Gasteiger partial charge in [0.2, 0.25) is 5.89 Å². The number of benzene rings is 1. The van der Waals surface area contributed by atoms with Crippen molar-refractivity contribution in [3.05, 3.63) is 35.5 Å². The summed E-state index contributed by atoms with van der Waals surface area (Å²) in [4.78, 5) is -0.545. The van der Waals surface area contributed by atoms with Gasteiger partial charge in [-0.1, -0.05) is 16.9 Å². The van der Waals surface area contributed by atoms with E-state index in [0.717, 1.165) is 12.1 Å². The quantitative estimate of drug-likeness (QED) is 0.804. The fourth-order valence-electron chi connectivity index (χ4n) is 1.46. The molecule has 1 aromatic carbocycles. The number of hydrogen-bond donors (Lipinski definition) is 2. The second-order valence-corrected chi connectivity index (χ2v) is 5.53. The summed E-state index contributed by atoms with van der Waals surface area (Å²) >= 11 is 0. The number of aromatic nitrogens is 2. The van der Waals surface area contributed by atoms with E-state index in [1.54, 1.807) is 0 Å². The predicted octanol–water partition coefficient (Wildman–Crippen LogP) is 0.628. The Hall–Kier alpha value is -2.44. The van der Waals surface area contributed by atoms with Crippen LogP contribution in [0.3, 0.4) is 0 Å². The smallest absolute Gasteiger partial charge is 0.329 e. The normalized spacial score (nSPS) is 10.8. The lowest BCUT2D eigenvalue weighted by atomic mass is 10.2. The summed E-state index contributed by atoms with van der Waals surface area (Å²) in [6, 6.07) is 3.15. The van der Waals surface area contributed by atoms with E-state index in [2.05, 4.69) is 22.0 Å². The highest BCUT2D eigenvalue weighted by atomic mass is 32.2. The topological polar surface area (TPSA) is 111 Å². The van der Waals surface area contributed by atoms with E-state index in [-0.39, 0.29) is 18.5 Å². The monoisotopic (exact) mass is 310 g/mol. The first kappa shape index (κ1) is 15.0. The highest BCUT2D eigenvalue weighted by Gasteiger charge is 2.21. The van der Waals surface area contributed by atoms with Gasteiger partial charge in [0.05, 0.1) is 6.54 Å². The van der Waals surface area contributed by atoms with Crippen molar-refractivity contribution in [3.8, 4) is 11.8 Å². The number of nitrogens with two attached hydrogens (primary N) is 1. The summed E-state index contributed by atoms with van der Waals surface area (Å²) < 4.78 is 44.8. The highest BCUT2D eigenvalue weighted by molar-refractivity contribution is 7.92. The molecule has 0 unspecified atom stereocenters. The predicted molar refractivity (Wildman–Crippen MR) is 72.2 cm³/mol. The van der Waals surface area contributed by atoms with E-state index in [4.69, 9.17) is 10.2 Å². The lowest BCUT2D eigenvalue weighted by Gasteiger charge is -2.05. The maximum absolute atomic E-state index is 13.9. The zero-order chi connectivity index (χ0) is 15.5. The number of nitrogens with one attached hydrogen (secondary N) is 1. The van der Waals surface area contributed by atoms with Crippen LogP contribution in [0, 0.1) is 24.6 Å². The van der Waals surface area contributed by atoms with Crippen LogP contribution in [0.5, 0.6) is 0 Å². The van der Waals surface area contributed by atoms with E-state index < -0.39 is 20.7 Å². The van der Waals surface area contributed by atoms with Crippen LogP contribution in [-0.4, -0.2) is 25.2 Å². The number of hydrogen-bond acceptors (Lipinski definition) is 6. The van der Waals surface area contributed by atoms with Gasteiger partial charge in [0.25, 0.3) is 10.0 Å². The van der Waals surface area contributed by atoms with Gasteiger partial charge in [0.1, 0.15) is 10.7 Å². The van der Waals surface area contributed by atoms with Crippen LogP contribution in [0.15, 0.2) is 27.5 Å². The van der Waals surface area contributed by atoms with Gasteiger partial charge >= 0.3 is 6.01 Å². The first-order valence-corrected chi connectivity index (χ1v) is 7.22. The second-order valence-electron chi connectivity index (χ2n) is 3.88.